The smallest absolute Gasteiger partial charge is 0.164 e. The SMILES string of the molecule is Cc1c(C#N)nc2ccc(Cl)nn12. The Morgan fingerprint density at radius 3 is 3.00 bits per heavy atom. The maximum atomic E-state index is 8.70. The number of halogens is 1. The second kappa shape index (κ2) is 2.71. The second-order valence-corrected chi connectivity index (χ2v) is 2.97. The van der Waals surface area contributed by atoms with Crippen LogP contribution < -0.4 is 0 Å². The van der Waals surface area contributed by atoms with E-state index in [1.54, 1.807) is 23.6 Å². The van der Waals surface area contributed by atoms with Crippen LogP contribution in [0.4, 0.5) is 0 Å². The van der Waals surface area contributed by atoms with E-state index in [4.69, 9.17) is 16.9 Å². The molecule has 0 aliphatic heterocycles. The molecule has 0 atom stereocenters. The van der Waals surface area contributed by atoms with Crippen molar-refractivity contribution in [2.24, 2.45) is 0 Å². The molecular formula is C8H5ClN4. The van der Waals surface area contributed by atoms with E-state index in [-0.39, 0.29) is 0 Å². The number of aromatic nitrogens is 3. The first-order valence-corrected chi connectivity index (χ1v) is 4.02. The molecule has 0 fully saturated rings. The summed E-state index contributed by atoms with van der Waals surface area (Å²) in [5.74, 6) is 0. The maximum Gasteiger partial charge on any atom is 0.164 e. The van der Waals surface area contributed by atoms with Gasteiger partial charge in [-0.2, -0.15) is 10.4 Å². The Balaban J connectivity index is 2.87. The Bertz CT molecular complexity index is 509. The van der Waals surface area contributed by atoms with Gasteiger partial charge in [-0.15, -0.1) is 0 Å². The molecule has 5 heteroatoms. The fourth-order valence-electron chi connectivity index (χ4n) is 1.13. The van der Waals surface area contributed by atoms with Gasteiger partial charge in [0.2, 0.25) is 0 Å². The normalized spacial score (nSPS) is 10.2. The van der Waals surface area contributed by atoms with Gasteiger partial charge in [0.05, 0.1) is 5.69 Å². The lowest BCUT2D eigenvalue weighted by atomic mass is 10.4. The lowest BCUT2D eigenvalue weighted by Gasteiger charge is -1.93. The Labute approximate surface area is 79.4 Å². The van der Waals surface area contributed by atoms with Crippen molar-refractivity contribution in [3.8, 4) is 6.07 Å². The number of nitrogens with zero attached hydrogens (tertiary/aromatic N) is 4. The summed E-state index contributed by atoms with van der Waals surface area (Å²) in [5, 5.41) is 13.1. The van der Waals surface area contributed by atoms with Crippen molar-refractivity contribution in [1.82, 2.24) is 14.6 Å². The van der Waals surface area contributed by atoms with Crippen molar-refractivity contribution in [2.45, 2.75) is 6.92 Å². The predicted octanol–water partition coefficient (Wildman–Crippen LogP) is 1.56. The third-order valence-electron chi connectivity index (χ3n) is 1.78. The Kier molecular flexibility index (Phi) is 1.67. The molecule has 2 heterocycles. The highest BCUT2D eigenvalue weighted by Gasteiger charge is 2.07. The fourth-order valence-corrected chi connectivity index (χ4v) is 1.27. The number of hydrogen-bond acceptors (Lipinski definition) is 3. The van der Waals surface area contributed by atoms with E-state index in [0.717, 1.165) is 0 Å². The van der Waals surface area contributed by atoms with Crippen molar-refractivity contribution in [3.63, 3.8) is 0 Å². The first-order valence-electron chi connectivity index (χ1n) is 3.64. The van der Waals surface area contributed by atoms with Crippen molar-refractivity contribution in [2.75, 3.05) is 0 Å². The average molecular weight is 193 g/mol. The minimum absolute atomic E-state index is 0.384. The highest BCUT2D eigenvalue weighted by atomic mass is 35.5. The van der Waals surface area contributed by atoms with Crippen LogP contribution in [-0.2, 0) is 0 Å². The topological polar surface area (TPSA) is 54.0 Å². The van der Waals surface area contributed by atoms with E-state index in [1.165, 1.54) is 0 Å². The summed E-state index contributed by atoms with van der Waals surface area (Å²) in [6.07, 6.45) is 0. The third-order valence-corrected chi connectivity index (χ3v) is 1.98. The fraction of sp³-hybridized carbons (Fsp3) is 0.125. The summed E-state index contributed by atoms with van der Waals surface area (Å²) in [5.41, 5.74) is 1.73. The van der Waals surface area contributed by atoms with E-state index < -0.39 is 0 Å². The number of aryl methyl sites for hydroxylation is 1. The van der Waals surface area contributed by atoms with Crippen LogP contribution in [0.1, 0.15) is 11.4 Å². The van der Waals surface area contributed by atoms with Crippen molar-refractivity contribution in [3.05, 3.63) is 28.7 Å². The van der Waals surface area contributed by atoms with Gasteiger partial charge in [-0.25, -0.2) is 9.50 Å². The first kappa shape index (κ1) is 8.02. The molecule has 0 aromatic carbocycles. The van der Waals surface area contributed by atoms with Crippen LogP contribution >= 0.6 is 11.6 Å². The molecule has 4 nitrogen and oxygen atoms in total. The largest absolute Gasteiger partial charge is 0.216 e. The molecule has 0 aliphatic rings. The summed E-state index contributed by atoms with van der Waals surface area (Å²) in [4.78, 5) is 4.05. The van der Waals surface area contributed by atoms with Gasteiger partial charge in [-0.05, 0) is 19.1 Å². The van der Waals surface area contributed by atoms with E-state index in [0.29, 0.717) is 22.2 Å². The molecule has 0 amide bonds. The lowest BCUT2D eigenvalue weighted by Crippen LogP contribution is -1.93. The lowest BCUT2D eigenvalue weighted by molar-refractivity contribution is 0.898. The summed E-state index contributed by atoms with van der Waals surface area (Å²) in [7, 11) is 0. The quantitative estimate of drug-likeness (QED) is 0.637. The highest BCUT2D eigenvalue weighted by Crippen LogP contribution is 2.11. The zero-order chi connectivity index (χ0) is 9.42. The first-order chi connectivity index (χ1) is 6.22. The third kappa shape index (κ3) is 1.14. The molecule has 13 heavy (non-hydrogen) atoms. The van der Waals surface area contributed by atoms with Gasteiger partial charge in [0.1, 0.15) is 11.2 Å². The maximum absolute atomic E-state index is 8.70. The van der Waals surface area contributed by atoms with Gasteiger partial charge in [0.25, 0.3) is 0 Å². The minimum Gasteiger partial charge on any atom is -0.216 e. The zero-order valence-corrected chi connectivity index (χ0v) is 7.58. The number of nitriles is 1. The molecule has 0 unspecified atom stereocenters. The molecule has 0 saturated heterocycles. The van der Waals surface area contributed by atoms with Crippen molar-refractivity contribution < 1.29 is 0 Å². The Morgan fingerprint density at radius 1 is 1.54 bits per heavy atom. The van der Waals surface area contributed by atoms with E-state index in [2.05, 4.69) is 10.1 Å². The van der Waals surface area contributed by atoms with Crippen LogP contribution in [-0.4, -0.2) is 14.6 Å². The van der Waals surface area contributed by atoms with Gasteiger partial charge in [0, 0.05) is 0 Å². The second-order valence-electron chi connectivity index (χ2n) is 2.58. The predicted molar refractivity (Wildman–Crippen MR) is 47.4 cm³/mol. The minimum atomic E-state index is 0.384. The molecule has 0 radical (unpaired) electrons. The average Bonchev–Trinajstić information content (AvgIpc) is 2.44. The summed E-state index contributed by atoms with van der Waals surface area (Å²) in [6, 6.07) is 5.36. The molecule has 0 spiro atoms. The van der Waals surface area contributed by atoms with Crippen LogP contribution in [0.25, 0.3) is 5.65 Å². The summed E-state index contributed by atoms with van der Waals surface area (Å²) >= 11 is 5.70. The van der Waals surface area contributed by atoms with Crippen LogP contribution in [0.5, 0.6) is 0 Å². The monoisotopic (exact) mass is 192 g/mol. The van der Waals surface area contributed by atoms with Gasteiger partial charge >= 0.3 is 0 Å². The summed E-state index contributed by atoms with van der Waals surface area (Å²) in [6.45, 7) is 1.78. The molecule has 0 aliphatic carbocycles. The van der Waals surface area contributed by atoms with Crippen LogP contribution in [0, 0.1) is 18.3 Å². The molecule has 0 bridgehead atoms. The van der Waals surface area contributed by atoms with Crippen LogP contribution in [0.2, 0.25) is 5.15 Å². The number of imidazole rings is 1. The molecule has 2 aromatic heterocycles. The number of fused-ring (bicyclic) bond motifs is 1. The molecule has 0 saturated carbocycles. The number of hydrogen-bond donors (Lipinski definition) is 0. The highest BCUT2D eigenvalue weighted by molar-refractivity contribution is 6.29. The Hall–Kier alpha value is -1.60. The van der Waals surface area contributed by atoms with Gasteiger partial charge in [-0.1, -0.05) is 11.6 Å². The molecular weight excluding hydrogens is 188 g/mol. The van der Waals surface area contributed by atoms with E-state index >= 15 is 0 Å². The number of rotatable bonds is 0. The van der Waals surface area contributed by atoms with E-state index in [9.17, 15) is 0 Å². The molecule has 2 aromatic rings. The van der Waals surface area contributed by atoms with Crippen molar-refractivity contribution in [1.29, 1.82) is 5.26 Å². The van der Waals surface area contributed by atoms with Crippen LogP contribution in [0.15, 0.2) is 12.1 Å². The standard InChI is InChI=1S/C8H5ClN4/c1-5-6(4-10)11-8-3-2-7(9)12-13(5)8/h2-3H,1H3. The Morgan fingerprint density at radius 2 is 2.31 bits per heavy atom. The summed E-state index contributed by atoms with van der Waals surface area (Å²) < 4.78 is 1.56. The van der Waals surface area contributed by atoms with Crippen LogP contribution in [0.3, 0.4) is 0 Å². The van der Waals surface area contributed by atoms with Gasteiger partial charge in [0.15, 0.2) is 11.3 Å². The molecule has 0 N–H and O–H groups in total. The van der Waals surface area contributed by atoms with Gasteiger partial charge in [-0.3, -0.25) is 0 Å². The molecule has 64 valence electrons. The van der Waals surface area contributed by atoms with Crippen molar-refractivity contribution >= 4 is 17.2 Å². The van der Waals surface area contributed by atoms with Gasteiger partial charge < -0.3 is 0 Å². The zero-order valence-electron chi connectivity index (χ0n) is 6.82. The van der Waals surface area contributed by atoms with E-state index in [1.807, 2.05) is 6.07 Å². The molecule has 2 rings (SSSR count).